The number of para-hydroxylation sites is 1. The van der Waals surface area contributed by atoms with Crippen LogP contribution in [0.2, 0.25) is 0 Å². The average Bonchev–Trinajstić information content (AvgIpc) is 3.30. The van der Waals surface area contributed by atoms with E-state index in [1.807, 2.05) is 47.0 Å². The summed E-state index contributed by atoms with van der Waals surface area (Å²) in [7, 11) is 1.81. The number of likely N-dealkylation sites (tertiary alicyclic amines) is 1. The van der Waals surface area contributed by atoms with Gasteiger partial charge in [-0.25, -0.2) is 4.98 Å². The minimum absolute atomic E-state index is 0.0103. The summed E-state index contributed by atoms with van der Waals surface area (Å²) in [6, 6.07) is 7.51. The van der Waals surface area contributed by atoms with Gasteiger partial charge in [0.2, 0.25) is 0 Å². The Morgan fingerprint density at radius 2 is 2.11 bits per heavy atom. The van der Waals surface area contributed by atoms with Crippen molar-refractivity contribution in [3.63, 3.8) is 0 Å². The SMILES string of the molecule is CNc1ccccc1C(=O)N1CCC2(CC1)CC(Cn1ccnc1)OC2=O. The first kappa shape index (κ1) is 17.6. The number of esters is 1. The second-order valence-electron chi connectivity index (χ2n) is 7.36. The lowest BCUT2D eigenvalue weighted by Gasteiger charge is -2.36. The highest BCUT2D eigenvalue weighted by Crippen LogP contribution is 2.43. The molecule has 1 N–H and O–H groups in total. The van der Waals surface area contributed by atoms with Crippen LogP contribution in [0.3, 0.4) is 0 Å². The van der Waals surface area contributed by atoms with Gasteiger partial charge in [0.1, 0.15) is 6.10 Å². The van der Waals surface area contributed by atoms with E-state index in [0.717, 1.165) is 5.69 Å². The number of imidazole rings is 1. The number of piperidine rings is 1. The third-order valence-corrected chi connectivity index (χ3v) is 5.73. The molecule has 2 saturated heterocycles. The smallest absolute Gasteiger partial charge is 0.312 e. The van der Waals surface area contributed by atoms with Crippen molar-refractivity contribution in [2.75, 3.05) is 25.5 Å². The summed E-state index contributed by atoms with van der Waals surface area (Å²) in [5.74, 6) is -0.105. The number of hydrogen-bond acceptors (Lipinski definition) is 5. The summed E-state index contributed by atoms with van der Waals surface area (Å²) in [4.78, 5) is 31.4. The maximum absolute atomic E-state index is 12.9. The van der Waals surface area contributed by atoms with Crippen molar-refractivity contribution in [1.82, 2.24) is 14.5 Å². The van der Waals surface area contributed by atoms with E-state index in [0.29, 0.717) is 44.5 Å². The Balaban J connectivity index is 1.41. The van der Waals surface area contributed by atoms with Crippen molar-refractivity contribution >= 4 is 17.6 Å². The van der Waals surface area contributed by atoms with Crippen LogP contribution < -0.4 is 5.32 Å². The number of carbonyl (C=O) groups is 2. The van der Waals surface area contributed by atoms with Crippen molar-refractivity contribution in [2.45, 2.75) is 31.9 Å². The zero-order valence-electron chi connectivity index (χ0n) is 15.4. The normalized spacial score (nSPS) is 21.3. The molecule has 27 heavy (non-hydrogen) atoms. The molecule has 1 atom stereocenters. The molecule has 0 bridgehead atoms. The van der Waals surface area contributed by atoms with Gasteiger partial charge in [-0.1, -0.05) is 12.1 Å². The third-order valence-electron chi connectivity index (χ3n) is 5.73. The molecule has 2 aromatic rings. The van der Waals surface area contributed by atoms with Crippen molar-refractivity contribution in [3.8, 4) is 0 Å². The van der Waals surface area contributed by atoms with Gasteiger partial charge >= 0.3 is 5.97 Å². The molecule has 2 fully saturated rings. The molecule has 0 aliphatic carbocycles. The van der Waals surface area contributed by atoms with Crippen LogP contribution in [-0.4, -0.2) is 52.6 Å². The van der Waals surface area contributed by atoms with Crippen LogP contribution in [0, 0.1) is 5.41 Å². The van der Waals surface area contributed by atoms with Crippen molar-refractivity contribution in [2.24, 2.45) is 5.41 Å². The number of nitrogens with one attached hydrogen (secondary N) is 1. The molecule has 0 saturated carbocycles. The number of rotatable bonds is 4. The molecule has 4 rings (SSSR count). The van der Waals surface area contributed by atoms with E-state index in [2.05, 4.69) is 10.3 Å². The number of hydrogen-bond donors (Lipinski definition) is 1. The van der Waals surface area contributed by atoms with Crippen molar-refractivity contribution in [3.05, 3.63) is 48.5 Å². The molecule has 1 amide bonds. The summed E-state index contributed by atoms with van der Waals surface area (Å²) in [6.07, 6.45) is 7.22. The molecule has 1 aromatic carbocycles. The van der Waals surface area contributed by atoms with Gasteiger partial charge in [-0.2, -0.15) is 0 Å². The number of benzene rings is 1. The zero-order chi connectivity index (χ0) is 18.9. The standard InChI is InChI=1S/C20H24N4O3/c1-21-17-5-3-2-4-16(17)18(25)24-9-6-20(7-10-24)12-15(27-19(20)26)13-23-11-8-22-14-23/h2-5,8,11,14-15,21H,6-7,9-10,12-13H2,1H3. The van der Waals surface area contributed by atoms with Crippen LogP contribution in [-0.2, 0) is 16.1 Å². The molecule has 2 aliphatic rings. The number of anilines is 1. The van der Waals surface area contributed by atoms with Crippen LogP contribution in [0.4, 0.5) is 5.69 Å². The fourth-order valence-electron chi connectivity index (χ4n) is 4.17. The van der Waals surface area contributed by atoms with Crippen LogP contribution in [0.15, 0.2) is 43.0 Å². The van der Waals surface area contributed by atoms with Gasteiger partial charge in [0, 0.05) is 44.6 Å². The van der Waals surface area contributed by atoms with E-state index in [9.17, 15) is 9.59 Å². The molecular formula is C20H24N4O3. The van der Waals surface area contributed by atoms with E-state index < -0.39 is 5.41 Å². The molecule has 0 radical (unpaired) electrons. The van der Waals surface area contributed by atoms with E-state index in [-0.39, 0.29) is 18.0 Å². The Bertz CT molecular complexity index is 826. The first-order chi connectivity index (χ1) is 13.1. The summed E-state index contributed by atoms with van der Waals surface area (Å²) in [5, 5.41) is 3.07. The number of aromatic nitrogens is 2. The highest BCUT2D eigenvalue weighted by Gasteiger charge is 2.50. The second kappa shape index (κ2) is 7.06. The highest BCUT2D eigenvalue weighted by atomic mass is 16.6. The largest absolute Gasteiger partial charge is 0.460 e. The second-order valence-corrected chi connectivity index (χ2v) is 7.36. The summed E-state index contributed by atoms with van der Waals surface area (Å²) in [6.45, 7) is 1.78. The summed E-state index contributed by atoms with van der Waals surface area (Å²) >= 11 is 0. The molecule has 7 nitrogen and oxygen atoms in total. The van der Waals surface area contributed by atoms with E-state index in [1.54, 1.807) is 12.5 Å². The van der Waals surface area contributed by atoms with Gasteiger partial charge in [0.05, 0.1) is 23.9 Å². The monoisotopic (exact) mass is 368 g/mol. The lowest BCUT2D eigenvalue weighted by Crippen LogP contribution is -2.45. The summed E-state index contributed by atoms with van der Waals surface area (Å²) in [5.41, 5.74) is 1.04. The number of carbonyl (C=O) groups excluding carboxylic acids is 2. The predicted molar refractivity (Wildman–Crippen MR) is 100 cm³/mol. The fraction of sp³-hybridized carbons (Fsp3) is 0.450. The quantitative estimate of drug-likeness (QED) is 0.837. The van der Waals surface area contributed by atoms with E-state index in [1.165, 1.54) is 0 Å². The van der Waals surface area contributed by atoms with Gasteiger partial charge < -0.3 is 19.5 Å². The predicted octanol–water partition coefficient (Wildman–Crippen LogP) is 2.16. The molecule has 1 spiro atoms. The van der Waals surface area contributed by atoms with Gasteiger partial charge in [-0.15, -0.1) is 0 Å². The zero-order valence-corrected chi connectivity index (χ0v) is 15.4. The number of cyclic esters (lactones) is 1. The first-order valence-electron chi connectivity index (χ1n) is 9.34. The van der Waals surface area contributed by atoms with Gasteiger partial charge in [0.25, 0.3) is 5.91 Å². The Morgan fingerprint density at radius 3 is 2.81 bits per heavy atom. The van der Waals surface area contributed by atoms with Gasteiger partial charge in [0.15, 0.2) is 0 Å². The molecule has 3 heterocycles. The van der Waals surface area contributed by atoms with Crippen LogP contribution in [0.1, 0.15) is 29.6 Å². The number of amides is 1. The lowest BCUT2D eigenvalue weighted by atomic mass is 9.76. The Morgan fingerprint density at radius 1 is 1.33 bits per heavy atom. The maximum Gasteiger partial charge on any atom is 0.312 e. The lowest BCUT2D eigenvalue weighted by molar-refractivity contribution is -0.150. The molecular weight excluding hydrogens is 344 g/mol. The van der Waals surface area contributed by atoms with Gasteiger partial charge in [-0.3, -0.25) is 9.59 Å². The number of ether oxygens (including phenoxy) is 1. The molecule has 1 aromatic heterocycles. The molecule has 7 heteroatoms. The minimum Gasteiger partial charge on any atom is -0.460 e. The van der Waals surface area contributed by atoms with E-state index in [4.69, 9.17) is 4.74 Å². The van der Waals surface area contributed by atoms with Crippen LogP contribution in [0.5, 0.6) is 0 Å². The molecule has 1 unspecified atom stereocenters. The first-order valence-corrected chi connectivity index (χ1v) is 9.34. The van der Waals surface area contributed by atoms with Gasteiger partial charge in [-0.05, 0) is 25.0 Å². The average molecular weight is 368 g/mol. The maximum atomic E-state index is 12.9. The topological polar surface area (TPSA) is 76.5 Å². The highest BCUT2D eigenvalue weighted by molar-refractivity contribution is 5.99. The van der Waals surface area contributed by atoms with Crippen LogP contribution >= 0.6 is 0 Å². The Hall–Kier alpha value is -2.83. The van der Waals surface area contributed by atoms with E-state index >= 15 is 0 Å². The minimum atomic E-state index is -0.454. The molecule has 142 valence electrons. The number of nitrogens with zero attached hydrogens (tertiary/aromatic N) is 3. The Labute approximate surface area is 158 Å². The fourth-order valence-corrected chi connectivity index (χ4v) is 4.17. The van der Waals surface area contributed by atoms with Crippen molar-refractivity contribution in [1.29, 1.82) is 0 Å². The van der Waals surface area contributed by atoms with Crippen molar-refractivity contribution < 1.29 is 14.3 Å². The Kier molecular flexibility index (Phi) is 4.59. The molecule has 2 aliphatic heterocycles. The van der Waals surface area contributed by atoms with Crippen LogP contribution in [0.25, 0.3) is 0 Å². The summed E-state index contributed by atoms with van der Waals surface area (Å²) < 4.78 is 7.58. The third kappa shape index (κ3) is 3.29.